The highest BCUT2D eigenvalue weighted by Crippen LogP contribution is 2.24. The minimum Gasteiger partial charge on any atom is -0.492 e. The van der Waals surface area contributed by atoms with Crippen LogP contribution < -0.4 is 15.6 Å². The Morgan fingerprint density at radius 1 is 1.06 bits per heavy atom. The van der Waals surface area contributed by atoms with E-state index in [1.54, 1.807) is 45.0 Å². The Bertz CT molecular complexity index is 1300. The van der Waals surface area contributed by atoms with Gasteiger partial charge in [-0.1, -0.05) is 38.1 Å². The molecule has 0 unspecified atom stereocenters. The summed E-state index contributed by atoms with van der Waals surface area (Å²) in [6, 6.07) is 16.4. The first-order valence-electron chi connectivity index (χ1n) is 10.9. The molecule has 0 spiro atoms. The van der Waals surface area contributed by atoms with Gasteiger partial charge in [0.15, 0.2) is 0 Å². The smallest absolute Gasteiger partial charge is 0.276 e. The van der Waals surface area contributed by atoms with E-state index in [-0.39, 0.29) is 29.3 Å². The number of carbonyl (C=O) groups is 1. The first-order valence-corrected chi connectivity index (χ1v) is 12.4. The van der Waals surface area contributed by atoms with Crippen LogP contribution in [0.3, 0.4) is 0 Å². The molecule has 3 rings (SSSR count). The number of sulfonamides is 1. The van der Waals surface area contributed by atoms with Gasteiger partial charge < -0.3 is 10.1 Å². The summed E-state index contributed by atoms with van der Waals surface area (Å²) >= 11 is 0. The standard InChI is InChI=1S/C24H28N4O5S/c1-4-27(5-2)34(31,32)22-17-19(12-11-18(22)3)25-24(30)21-13-14-23(29)28(26-21)15-16-33-20-9-7-6-8-10-20/h6-14,17H,4-5,15-16H2,1-3H3,(H,25,30). The largest absolute Gasteiger partial charge is 0.492 e. The van der Waals surface area contributed by atoms with E-state index in [4.69, 9.17) is 4.74 Å². The zero-order valence-electron chi connectivity index (χ0n) is 19.4. The third kappa shape index (κ3) is 5.89. The van der Waals surface area contributed by atoms with E-state index >= 15 is 0 Å². The van der Waals surface area contributed by atoms with Crippen molar-refractivity contribution in [3.8, 4) is 5.75 Å². The lowest BCUT2D eigenvalue weighted by Gasteiger charge is -2.20. The molecule has 1 aromatic heterocycles. The molecule has 0 aliphatic rings. The lowest BCUT2D eigenvalue weighted by Crippen LogP contribution is -2.31. The van der Waals surface area contributed by atoms with Crippen LogP contribution in [0.25, 0.3) is 0 Å². The molecule has 34 heavy (non-hydrogen) atoms. The number of hydrogen-bond donors (Lipinski definition) is 1. The van der Waals surface area contributed by atoms with Crippen LogP contribution in [-0.4, -0.2) is 48.1 Å². The summed E-state index contributed by atoms with van der Waals surface area (Å²) in [5.74, 6) is 0.104. The molecule has 1 N–H and O–H groups in total. The minimum atomic E-state index is -3.69. The van der Waals surface area contributed by atoms with E-state index < -0.39 is 15.9 Å². The number of nitrogens with zero attached hydrogens (tertiary/aromatic N) is 3. The number of aromatic nitrogens is 2. The maximum atomic E-state index is 13.0. The fraction of sp³-hybridized carbons (Fsp3) is 0.292. The molecule has 1 amide bonds. The average molecular weight is 485 g/mol. The van der Waals surface area contributed by atoms with Crippen molar-refractivity contribution in [2.45, 2.75) is 32.2 Å². The number of nitrogens with one attached hydrogen (secondary N) is 1. The van der Waals surface area contributed by atoms with E-state index in [2.05, 4.69) is 10.4 Å². The number of amides is 1. The number of aryl methyl sites for hydroxylation is 1. The number of rotatable bonds is 10. The van der Waals surface area contributed by atoms with Crippen LogP contribution in [0.2, 0.25) is 0 Å². The molecule has 180 valence electrons. The Kier molecular flexibility index (Phi) is 8.19. The lowest BCUT2D eigenvalue weighted by atomic mass is 10.2. The molecular weight excluding hydrogens is 456 g/mol. The minimum absolute atomic E-state index is 0.0213. The molecule has 0 saturated carbocycles. The van der Waals surface area contributed by atoms with E-state index in [0.717, 1.165) is 4.68 Å². The van der Waals surface area contributed by atoms with Crippen molar-refractivity contribution in [3.63, 3.8) is 0 Å². The molecule has 0 radical (unpaired) electrons. The second kappa shape index (κ2) is 11.1. The third-order valence-electron chi connectivity index (χ3n) is 5.18. The Morgan fingerprint density at radius 2 is 1.76 bits per heavy atom. The van der Waals surface area contributed by atoms with E-state index in [1.807, 2.05) is 18.2 Å². The number of ether oxygens (including phenoxy) is 1. The van der Waals surface area contributed by atoms with Crippen molar-refractivity contribution in [2.24, 2.45) is 0 Å². The SMILES string of the molecule is CCN(CC)S(=O)(=O)c1cc(NC(=O)c2ccc(=O)n(CCOc3ccccc3)n2)ccc1C. The highest BCUT2D eigenvalue weighted by atomic mass is 32.2. The van der Waals surface area contributed by atoms with Gasteiger partial charge in [0.05, 0.1) is 11.4 Å². The van der Waals surface area contributed by atoms with Crippen LogP contribution in [0.4, 0.5) is 5.69 Å². The molecule has 0 aliphatic carbocycles. The van der Waals surface area contributed by atoms with Crippen LogP contribution in [0, 0.1) is 6.92 Å². The Balaban J connectivity index is 1.75. The molecule has 3 aromatic rings. The lowest BCUT2D eigenvalue weighted by molar-refractivity contribution is 0.101. The predicted octanol–water partition coefficient (Wildman–Crippen LogP) is 2.91. The predicted molar refractivity (Wildman–Crippen MR) is 130 cm³/mol. The van der Waals surface area contributed by atoms with Gasteiger partial charge in [0.1, 0.15) is 18.1 Å². The first-order chi connectivity index (χ1) is 16.3. The highest BCUT2D eigenvalue weighted by molar-refractivity contribution is 7.89. The van der Waals surface area contributed by atoms with Crippen LogP contribution in [0.1, 0.15) is 29.9 Å². The van der Waals surface area contributed by atoms with Crippen molar-refractivity contribution < 1.29 is 17.9 Å². The number of anilines is 1. The van der Waals surface area contributed by atoms with Gasteiger partial charge in [-0.05, 0) is 42.8 Å². The van der Waals surface area contributed by atoms with Crippen LogP contribution in [-0.2, 0) is 16.6 Å². The molecule has 0 fully saturated rings. The topological polar surface area (TPSA) is 111 Å². The molecule has 9 nitrogen and oxygen atoms in total. The van der Waals surface area contributed by atoms with Crippen LogP contribution >= 0.6 is 0 Å². The summed E-state index contributed by atoms with van der Waals surface area (Å²) in [5.41, 5.74) is 0.549. The fourth-order valence-electron chi connectivity index (χ4n) is 3.35. The normalized spacial score (nSPS) is 11.4. The molecule has 0 bridgehead atoms. The van der Waals surface area contributed by atoms with Crippen molar-refractivity contribution in [1.82, 2.24) is 14.1 Å². The zero-order chi connectivity index (χ0) is 24.7. The Labute approximate surface area is 199 Å². The summed E-state index contributed by atoms with van der Waals surface area (Å²) < 4.78 is 34.0. The summed E-state index contributed by atoms with van der Waals surface area (Å²) in [4.78, 5) is 25.1. The quantitative estimate of drug-likeness (QED) is 0.474. The molecule has 0 saturated heterocycles. The summed E-state index contributed by atoms with van der Waals surface area (Å²) in [6.07, 6.45) is 0. The van der Waals surface area contributed by atoms with Crippen LogP contribution in [0.5, 0.6) is 5.75 Å². The Hall–Kier alpha value is -3.50. The van der Waals surface area contributed by atoms with Gasteiger partial charge >= 0.3 is 0 Å². The van der Waals surface area contributed by atoms with Crippen molar-refractivity contribution >= 4 is 21.6 Å². The Morgan fingerprint density at radius 3 is 2.44 bits per heavy atom. The summed E-state index contributed by atoms with van der Waals surface area (Å²) in [7, 11) is -3.69. The number of carbonyl (C=O) groups excluding carboxylic acids is 1. The van der Waals surface area contributed by atoms with E-state index in [0.29, 0.717) is 30.1 Å². The molecule has 0 aliphatic heterocycles. The second-order valence-electron chi connectivity index (χ2n) is 7.47. The summed E-state index contributed by atoms with van der Waals surface area (Å²) in [5, 5.41) is 6.80. The number of benzene rings is 2. The van der Waals surface area contributed by atoms with Gasteiger partial charge in [-0.2, -0.15) is 9.40 Å². The zero-order valence-corrected chi connectivity index (χ0v) is 20.2. The van der Waals surface area contributed by atoms with Crippen molar-refractivity contribution in [1.29, 1.82) is 0 Å². The maximum Gasteiger partial charge on any atom is 0.276 e. The monoisotopic (exact) mass is 484 g/mol. The van der Waals surface area contributed by atoms with Crippen molar-refractivity contribution in [2.75, 3.05) is 25.0 Å². The summed E-state index contributed by atoms with van der Waals surface area (Å²) in [6.45, 7) is 6.29. The third-order valence-corrected chi connectivity index (χ3v) is 7.38. The number of hydrogen-bond acceptors (Lipinski definition) is 6. The molecule has 10 heteroatoms. The molecule has 2 aromatic carbocycles. The molecular formula is C24H28N4O5S. The maximum absolute atomic E-state index is 13.0. The van der Waals surface area contributed by atoms with Gasteiger partial charge in [-0.15, -0.1) is 0 Å². The molecule has 1 heterocycles. The highest BCUT2D eigenvalue weighted by Gasteiger charge is 2.24. The average Bonchev–Trinajstić information content (AvgIpc) is 2.82. The van der Waals surface area contributed by atoms with Crippen molar-refractivity contribution in [3.05, 3.63) is 82.3 Å². The van der Waals surface area contributed by atoms with E-state index in [1.165, 1.54) is 22.5 Å². The molecule has 0 atom stereocenters. The van der Waals surface area contributed by atoms with E-state index in [9.17, 15) is 18.0 Å². The first kappa shape index (κ1) is 25.1. The van der Waals surface area contributed by atoms with Gasteiger partial charge in [-0.25, -0.2) is 13.1 Å². The second-order valence-corrected chi connectivity index (χ2v) is 9.37. The van der Waals surface area contributed by atoms with Gasteiger partial charge in [0.2, 0.25) is 10.0 Å². The van der Waals surface area contributed by atoms with Crippen LogP contribution in [0.15, 0.2) is 70.4 Å². The van der Waals surface area contributed by atoms with Gasteiger partial charge in [0, 0.05) is 24.8 Å². The fourth-order valence-corrected chi connectivity index (χ4v) is 5.06. The van der Waals surface area contributed by atoms with Gasteiger partial charge in [-0.3, -0.25) is 9.59 Å². The number of para-hydroxylation sites is 1. The van der Waals surface area contributed by atoms with Gasteiger partial charge in [0.25, 0.3) is 11.5 Å².